The second kappa shape index (κ2) is 6.54. The van der Waals surface area contributed by atoms with E-state index in [9.17, 15) is 14.4 Å². The summed E-state index contributed by atoms with van der Waals surface area (Å²) in [6, 6.07) is -0.752. The molecule has 6 nitrogen and oxygen atoms in total. The van der Waals surface area contributed by atoms with E-state index in [-0.39, 0.29) is 11.9 Å². The van der Waals surface area contributed by atoms with Gasteiger partial charge in [0.2, 0.25) is 11.8 Å². The molecule has 0 aromatic heterocycles. The lowest BCUT2D eigenvalue weighted by Crippen LogP contribution is -2.49. The Balaban J connectivity index is 3.00. The third kappa shape index (κ3) is 3.05. The Hall–Kier alpha value is -1.59. The number of nitrogens with zero attached hydrogens (tertiary/aromatic N) is 1. The van der Waals surface area contributed by atoms with Gasteiger partial charge < -0.3 is 15.4 Å². The minimum Gasteiger partial charge on any atom is -0.468 e. The SMILES string of the molecule is CCCC1CC(C(=O)OC)C(=O)N1[C@@H](CC)C(N)=O. The van der Waals surface area contributed by atoms with Crippen LogP contribution in [0, 0.1) is 5.92 Å². The first-order valence-electron chi connectivity index (χ1n) is 6.67. The molecule has 1 aliphatic heterocycles. The lowest BCUT2D eigenvalue weighted by molar-refractivity contribution is -0.152. The summed E-state index contributed by atoms with van der Waals surface area (Å²) in [4.78, 5) is 36.9. The van der Waals surface area contributed by atoms with E-state index in [1.165, 1.54) is 12.0 Å². The number of hydrogen-bond donors (Lipinski definition) is 1. The summed E-state index contributed by atoms with van der Waals surface area (Å²) in [5, 5.41) is 0. The highest BCUT2D eigenvalue weighted by Crippen LogP contribution is 2.31. The van der Waals surface area contributed by atoms with Crippen LogP contribution >= 0.6 is 0 Å². The van der Waals surface area contributed by atoms with Gasteiger partial charge in [-0.1, -0.05) is 20.3 Å². The molecule has 0 radical (unpaired) electrons. The van der Waals surface area contributed by atoms with Crippen molar-refractivity contribution in [2.24, 2.45) is 11.7 Å². The maximum atomic E-state index is 12.3. The largest absolute Gasteiger partial charge is 0.468 e. The van der Waals surface area contributed by atoms with Crippen LogP contribution in [0.5, 0.6) is 0 Å². The maximum Gasteiger partial charge on any atom is 0.318 e. The van der Waals surface area contributed by atoms with Gasteiger partial charge in [0, 0.05) is 6.04 Å². The van der Waals surface area contributed by atoms with Crippen LogP contribution < -0.4 is 5.73 Å². The van der Waals surface area contributed by atoms with Crippen LogP contribution in [0.3, 0.4) is 0 Å². The average molecular weight is 270 g/mol. The van der Waals surface area contributed by atoms with Crippen molar-refractivity contribution in [3.8, 4) is 0 Å². The molecule has 0 aromatic rings. The van der Waals surface area contributed by atoms with Crippen LogP contribution in [0.15, 0.2) is 0 Å². The zero-order valence-electron chi connectivity index (χ0n) is 11.7. The lowest BCUT2D eigenvalue weighted by Gasteiger charge is -2.30. The molecule has 0 saturated carbocycles. The summed E-state index contributed by atoms with van der Waals surface area (Å²) in [5.41, 5.74) is 5.35. The zero-order chi connectivity index (χ0) is 14.6. The van der Waals surface area contributed by atoms with Crippen molar-refractivity contribution in [2.75, 3.05) is 7.11 Å². The van der Waals surface area contributed by atoms with E-state index < -0.39 is 23.8 Å². The van der Waals surface area contributed by atoms with E-state index in [0.29, 0.717) is 12.8 Å². The first kappa shape index (κ1) is 15.5. The van der Waals surface area contributed by atoms with Crippen LogP contribution in [-0.4, -0.2) is 41.9 Å². The van der Waals surface area contributed by atoms with Gasteiger partial charge in [-0.3, -0.25) is 14.4 Å². The Morgan fingerprint density at radius 3 is 2.53 bits per heavy atom. The number of methoxy groups -OCH3 is 1. The second-order valence-corrected chi connectivity index (χ2v) is 4.83. The van der Waals surface area contributed by atoms with E-state index in [0.717, 1.165) is 12.8 Å². The van der Waals surface area contributed by atoms with Gasteiger partial charge in [-0.25, -0.2) is 0 Å². The van der Waals surface area contributed by atoms with Gasteiger partial charge in [0.15, 0.2) is 0 Å². The molecule has 19 heavy (non-hydrogen) atoms. The molecule has 2 N–H and O–H groups in total. The zero-order valence-corrected chi connectivity index (χ0v) is 11.7. The normalized spacial score (nSPS) is 24.4. The fraction of sp³-hybridized carbons (Fsp3) is 0.769. The molecular weight excluding hydrogens is 248 g/mol. The number of ether oxygens (including phenoxy) is 1. The number of primary amides is 1. The van der Waals surface area contributed by atoms with Crippen molar-refractivity contribution in [3.05, 3.63) is 0 Å². The highest BCUT2D eigenvalue weighted by molar-refractivity contribution is 6.01. The summed E-state index contributed by atoms with van der Waals surface area (Å²) in [6.07, 6.45) is 2.48. The molecule has 1 heterocycles. The Bertz CT molecular complexity index is 370. The summed E-state index contributed by atoms with van der Waals surface area (Å²) >= 11 is 0. The molecule has 6 heteroatoms. The van der Waals surface area contributed by atoms with E-state index in [1.54, 1.807) is 6.92 Å². The van der Waals surface area contributed by atoms with E-state index in [4.69, 9.17) is 5.73 Å². The van der Waals surface area contributed by atoms with Crippen molar-refractivity contribution in [3.63, 3.8) is 0 Å². The number of rotatable bonds is 6. The van der Waals surface area contributed by atoms with Crippen LogP contribution in [0.2, 0.25) is 0 Å². The van der Waals surface area contributed by atoms with Crippen molar-refractivity contribution < 1.29 is 19.1 Å². The molecule has 2 amide bonds. The van der Waals surface area contributed by atoms with E-state index >= 15 is 0 Å². The molecule has 108 valence electrons. The highest BCUT2D eigenvalue weighted by atomic mass is 16.5. The van der Waals surface area contributed by atoms with E-state index in [1.807, 2.05) is 6.92 Å². The Morgan fingerprint density at radius 2 is 2.11 bits per heavy atom. The van der Waals surface area contributed by atoms with Gasteiger partial charge in [-0.15, -0.1) is 0 Å². The predicted molar refractivity (Wildman–Crippen MR) is 68.9 cm³/mol. The number of likely N-dealkylation sites (tertiary alicyclic amines) is 1. The van der Waals surface area contributed by atoms with Crippen molar-refractivity contribution in [2.45, 2.75) is 51.6 Å². The number of hydrogen-bond acceptors (Lipinski definition) is 4. The highest BCUT2D eigenvalue weighted by Gasteiger charge is 2.47. The first-order valence-corrected chi connectivity index (χ1v) is 6.67. The van der Waals surface area contributed by atoms with Crippen LogP contribution in [0.25, 0.3) is 0 Å². The molecule has 1 saturated heterocycles. The first-order chi connectivity index (χ1) is 8.97. The number of amides is 2. The number of nitrogens with two attached hydrogens (primary N) is 1. The molecule has 0 aromatic carbocycles. The fourth-order valence-corrected chi connectivity index (χ4v) is 2.72. The van der Waals surface area contributed by atoms with E-state index in [2.05, 4.69) is 4.74 Å². The Morgan fingerprint density at radius 1 is 1.47 bits per heavy atom. The van der Waals surface area contributed by atoms with Gasteiger partial charge in [0.25, 0.3) is 0 Å². The summed E-state index contributed by atoms with van der Waals surface area (Å²) < 4.78 is 4.65. The molecule has 0 aliphatic carbocycles. The van der Waals surface area contributed by atoms with Gasteiger partial charge in [-0.05, 0) is 19.3 Å². The van der Waals surface area contributed by atoms with Crippen LogP contribution in [0.1, 0.15) is 39.5 Å². The molecule has 3 atom stereocenters. The number of carbonyl (C=O) groups is 3. The molecule has 2 unspecified atom stereocenters. The molecule has 0 spiro atoms. The summed E-state index contributed by atoms with van der Waals surface area (Å²) in [7, 11) is 1.26. The second-order valence-electron chi connectivity index (χ2n) is 4.83. The van der Waals surface area contributed by atoms with Crippen LogP contribution in [-0.2, 0) is 19.1 Å². The lowest BCUT2D eigenvalue weighted by atomic mass is 10.0. The minimum atomic E-state index is -0.796. The Labute approximate surface area is 113 Å². The summed E-state index contributed by atoms with van der Waals surface area (Å²) in [6.45, 7) is 3.80. The quantitative estimate of drug-likeness (QED) is 0.560. The standard InChI is InChI=1S/C13H22N2O4/c1-4-6-8-7-9(13(18)19-3)12(17)15(8)10(5-2)11(14)16/h8-10H,4-7H2,1-3H3,(H2,14,16)/t8?,9?,10-/m0/s1. The van der Waals surface area contributed by atoms with Crippen molar-refractivity contribution >= 4 is 17.8 Å². The topological polar surface area (TPSA) is 89.7 Å². The minimum absolute atomic E-state index is 0.112. The molecular formula is C13H22N2O4. The molecule has 1 aliphatic rings. The van der Waals surface area contributed by atoms with Crippen molar-refractivity contribution in [1.82, 2.24) is 4.90 Å². The maximum absolute atomic E-state index is 12.3. The monoisotopic (exact) mass is 270 g/mol. The average Bonchev–Trinajstić information content (AvgIpc) is 2.68. The number of esters is 1. The molecule has 0 bridgehead atoms. The van der Waals surface area contributed by atoms with Gasteiger partial charge >= 0.3 is 5.97 Å². The Kier molecular flexibility index (Phi) is 5.32. The smallest absolute Gasteiger partial charge is 0.318 e. The van der Waals surface area contributed by atoms with Gasteiger partial charge in [0.05, 0.1) is 7.11 Å². The predicted octanol–water partition coefficient (Wildman–Crippen LogP) is 0.441. The third-order valence-electron chi connectivity index (χ3n) is 3.61. The molecule has 1 fully saturated rings. The van der Waals surface area contributed by atoms with Crippen LogP contribution in [0.4, 0.5) is 0 Å². The summed E-state index contributed by atoms with van der Waals surface area (Å²) in [5.74, 6) is -2.19. The molecule has 1 rings (SSSR count). The third-order valence-corrected chi connectivity index (χ3v) is 3.61. The fourth-order valence-electron chi connectivity index (χ4n) is 2.72. The van der Waals surface area contributed by atoms with Gasteiger partial charge in [-0.2, -0.15) is 0 Å². The number of carbonyl (C=O) groups excluding carboxylic acids is 3. The van der Waals surface area contributed by atoms with Crippen molar-refractivity contribution in [1.29, 1.82) is 0 Å². The van der Waals surface area contributed by atoms with Gasteiger partial charge in [0.1, 0.15) is 12.0 Å².